The van der Waals surface area contributed by atoms with Crippen LogP contribution in [0, 0.1) is 24.7 Å². The zero-order chi connectivity index (χ0) is 24.0. The first-order valence-electron chi connectivity index (χ1n) is 11.1. The molecule has 0 saturated heterocycles. The normalized spacial score (nSPS) is 13.4. The average Bonchev–Trinajstić information content (AvgIpc) is 3.18. The average molecular weight is 443 g/mol. The maximum absolute atomic E-state index is 5.64. The molecule has 3 aromatic carbocycles. The molecule has 166 valence electrons. The van der Waals surface area contributed by atoms with Crippen molar-refractivity contribution in [1.29, 1.82) is 0 Å². The lowest BCUT2D eigenvalue weighted by molar-refractivity contribution is 0.269. The predicted molar refractivity (Wildman–Crippen MR) is 139 cm³/mol. The van der Waals surface area contributed by atoms with Crippen LogP contribution < -0.4 is 4.74 Å². The lowest BCUT2D eigenvalue weighted by Gasteiger charge is -2.34. The second-order valence-corrected chi connectivity index (χ2v) is 7.89. The molecular formula is C32H26O2. The van der Waals surface area contributed by atoms with Crippen LogP contribution in [0.4, 0.5) is 0 Å². The van der Waals surface area contributed by atoms with Crippen LogP contribution in [0.15, 0.2) is 109 Å². The van der Waals surface area contributed by atoms with Gasteiger partial charge >= 0.3 is 0 Å². The van der Waals surface area contributed by atoms with Crippen LogP contribution in [-0.4, -0.2) is 13.2 Å². The number of hydrogen-bond donors (Lipinski definition) is 0. The monoisotopic (exact) mass is 442 g/mol. The van der Waals surface area contributed by atoms with Crippen molar-refractivity contribution in [2.24, 2.45) is 0 Å². The van der Waals surface area contributed by atoms with Crippen molar-refractivity contribution < 1.29 is 9.47 Å². The Bertz CT molecular complexity index is 1300. The Hall–Kier alpha value is -4.40. The van der Waals surface area contributed by atoms with Gasteiger partial charge in [0.2, 0.25) is 0 Å². The fourth-order valence-corrected chi connectivity index (χ4v) is 4.75. The SMILES string of the molecule is C#CCOC(=C)/C=C\C(=C/C)C1(c2ccc(OCC#C)cc2)c2ccccc2-c2ccccc21. The summed E-state index contributed by atoms with van der Waals surface area (Å²) in [4.78, 5) is 0. The van der Waals surface area contributed by atoms with E-state index in [0.717, 1.165) is 16.9 Å². The highest BCUT2D eigenvalue weighted by molar-refractivity contribution is 5.86. The van der Waals surface area contributed by atoms with Gasteiger partial charge in [-0.05, 0) is 58.5 Å². The highest BCUT2D eigenvalue weighted by atomic mass is 16.5. The Labute approximate surface area is 202 Å². The van der Waals surface area contributed by atoms with Gasteiger partial charge in [0, 0.05) is 0 Å². The number of rotatable bonds is 8. The second kappa shape index (κ2) is 10.0. The van der Waals surface area contributed by atoms with Gasteiger partial charge < -0.3 is 9.47 Å². The number of fused-ring (bicyclic) bond motifs is 3. The van der Waals surface area contributed by atoms with E-state index in [9.17, 15) is 0 Å². The van der Waals surface area contributed by atoms with Crippen LogP contribution in [0.25, 0.3) is 11.1 Å². The van der Waals surface area contributed by atoms with Crippen molar-refractivity contribution >= 4 is 0 Å². The minimum Gasteiger partial charge on any atom is -0.482 e. The molecule has 2 heteroatoms. The maximum Gasteiger partial charge on any atom is 0.148 e. The van der Waals surface area contributed by atoms with Gasteiger partial charge in [-0.1, -0.05) is 91.2 Å². The van der Waals surface area contributed by atoms with Gasteiger partial charge in [0.1, 0.15) is 24.7 Å². The zero-order valence-corrected chi connectivity index (χ0v) is 19.3. The fraction of sp³-hybridized carbons (Fsp3) is 0.125. The van der Waals surface area contributed by atoms with E-state index < -0.39 is 5.41 Å². The standard InChI is InChI=1S/C32H26O2/c1-5-22-33-24(4)16-17-25(7-3)32(26-18-20-27(21-19-26)34-23-6-2)30-14-10-8-12-28(30)29-13-9-11-15-31(29)32/h1-2,7-21H,4,22-23H2,3H3/b17-16-,25-7+. The number of hydrogen-bond acceptors (Lipinski definition) is 2. The van der Waals surface area contributed by atoms with Gasteiger partial charge in [-0.2, -0.15) is 0 Å². The van der Waals surface area contributed by atoms with Gasteiger partial charge in [-0.25, -0.2) is 0 Å². The Morgan fingerprint density at radius 1 is 0.853 bits per heavy atom. The lowest BCUT2D eigenvalue weighted by atomic mass is 9.67. The molecule has 0 spiro atoms. The maximum atomic E-state index is 5.64. The third-order valence-electron chi connectivity index (χ3n) is 6.10. The predicted octanol–water partition coefficient (Wildman–Crippen LogP) is 6.68. The summed E-state index contributed by atoms with van der Waals surface area (Å²) in [6, 6.07) is 25.3. The van der Waals surface area contributed by atoms with E-state index >= 15 is 0 Å². The molecule has 0 amide bonds. The molecule has 0 N–H and O–H groups in total. The van der Waals surface area contributed by atoms with E-state index in [4.69, 9.17) is 22.3 Å². The fourth-order valence-electron chi connectivity index (χ4n) is 4.75. The first-order valence-corrected chi connectivity index (χ1v) is 11.1. The largest absolute Gasteiger partial charge is 0.482 e. The Morgan fingerprint density at radius 2 is 1.44 bits per heavy atom. The van der Waals surface area contributed by atoms with Gasteiger partial charge in [-0.3, -0.25) is 0 Å². The summed E-state index contributed by atoms with van der Waals surface area (Å²) in [7, 11) is 0. The molecule has 1 aliphatic carbocycles. The third-order valence-corrected chi connectivity index (χ3v) is 6.10. The number of terminal acetylenes is 2. The van der Waals surface area contributed by atoms with E-state index in [-0.39, 0.29) is 13.2 Å². The lowest BCUT2D eigenvalue weighted by Crippen LogP contribution is -2.29. The van der Waals surface area contributed by atoms with Crippen LogP contribution >= 0.6 is 0 Å². The second-order valence-electron chi connectivity index (χ2n) is 7.89. The molecule has 0 fully saturated rings. The molecule has 4 rings (SSSR count). The Morgan fingerprint density at radius 3 is 2.00 bits per heavy atom. The van der Waals surface area contributed by atoms with Crippen molar-refractivity contribution in [2.45, 2.75) is 12.3 Å². The summed E-state index contributed by atoms with van der Waals surface area (Å²) in [6.45, 7) is 6.46. The molecule has 0 radical (unpaired) electrons. The molecule has 1 aliphatic rings. The first kappa shape index (κ1) is 22.8. The van der Waals surface area contributed by atoms with E-state index in [1.807, 2.05) is 18.2 Å². The summed E-state index contributed by atoms with van der Waals surface area (Å²) in [5.41, 5.74) is 6.61. The highest BCUT2D eigenvalue weighted by Crippen LogP contribution is 2.56. The summed E-state index contributed by atoms with van der Waals surface area (Å²) in [5.74, 6) is 6.25. The van der Waals surface area contributed by atoms with E-state index in [1.165, 1.54) is 22.3 Å². The van der Waals surface area contributed by atoms with Gasteiger partial charge in [0.25, 0.3) is 0 Å². The quantitative estimate of drug-likeness (QED) is 0.220. The van der Waals surface area contributed by atoms with E-state index in [0.29, 0.717) is 5.76 Å². The summed E-state index contributed by atoms with van der Waals surface area (Å²) in [5, 5.41) is 0. The highest BCUT2D eigenvalue weighted by Gasteiger charge is 2.46. The number of benzene rings is 3. The summed E-state index contributed by atoms with van der Waals surface area (Å²) < 4.78 is 11.1. The molecule has 0 heterocycles. The molecular weight excluding hydrogens is 416 g/mol. The van der Waals surface area contributed by atoms with Crippen LogP contribution in [-0.2, 0) is 10.2 Å². The minimum atomic E-state index is -0.518. The van der Waals surface area contributed by atoms with Crippen molar-refractivity contribution in [3.8, 4) is 41.6 Å². The Balaban J connectivity index is 1.93. The number of allylic oxidation sites excluding steroid dienone is 4. The van der Waals surface area contributed by atoms with E-state index in [1.54, 1.807) is 0 Å². The summed E-state index contributed by atoms with van der Waals surface area (Å²) >= 11 is 0. The molecule has 0 aromatic heterocycles. The Kier molecular flexibility index (Phi) is 6.72. The van der Waals surface area contributed by atoms with E-state index in [2.05, 4.69) is 98.2 Å². The topological polar surface area (TPSA) is 18.5 Å². The summed E-state index contributed by atoms with van der Waals surface area (Å²) in [6.07, 6.45) is 16.8. The third kappa shape index (κ3) is 3.92. The van der Waals surface area contributed by atoms with Crippen molar-refractivity contribution in [1.82, 2.24) is 0 Å². The zero-order valence-electron chi connectivity index (χ0n) is 19.3. The van der Waals surface area contributed by atoms with Crippen LogP contribution in [0.1, 0.15) is 23.6 Å². The minimum absolute atomic E-state index is 0.185. The smallest absolute Gasteiger partial charge is 0.148 e. The van der Waals surface area contributed by atoms with Gasteiger partial charge in [0.15, 0.2) is 0 Å². The molecule has 0 saturated carbocycles. The molecule has 0 atom stereocenters. The van der Waals surface area contributed by atoms with Crippen LogP contribution in [0.2, 0.25) is 0 Å². The molecule has 3 aromatic rings. The van der Waals surface area contributed by atoms with Crippen molar-refractivity contribution in [3.63, 3.8) is 0 Å². The first-order chi connectivity index (χ1) is 16.7. The molecule has 34 heavy (non-hydrogen) atoms. The molecule has 2 nitrogen and oxygen atoms in total. The molecule has 0 unspecified atom stereocenters. The van der Waals surface area contributed by atoms with Crippen molar-refractivity contribution in [2.75, 3.05) is 13.2 Å². The number of ether oxygens (including phenoxy) is 2. The molecule has 0 aliphatic heterocycles. The molecule has 0 bridgehead atoms. The van der Waals surface area contributed by atoms with Crippen LogP contribution in [0.3, 0.4) is 0 Å². The van der Waals surface area contributed by atoms with Gasteiger partial charge in [-0.15, -0.1) is 12.8 Å². The van der Waals surface area contributed by atoms with Crippen LogP contribution in [0.5, 0.6) is 5.75 Å². The van der Waals surface area contributed by atoms with Gasteiger partial charge in [0.05, 0.1) is 5.41 Å². The van der Waals surface area contributed by atoms with Crippen molar-refractivity contribution in [3.05, 3.63) is 126 Å².